The second kappa shape index (κ2) is 4.32. The van der Waals surface area contributed by atoms with Crippen LogP contribution >= 0.6 is 0 Å². The SMILES string of the molecule is CC(=O)Oc1ccc(C(=O)C=N)cc1. The number of rotatable bonds is 3. The highest BCUT2D eigenvalue weighted by molar-refractivity contribution is 6.34. The average molecular weight is 191 g/mol. The van der Waals surface area contributed by atoms with Crippen LogP contribution in [0.4, 0.5) is 0 Å². The van der Waals surface area contributed by atoms with Crippen molar-refractivity contribution in [2.75, 3.05) is 0 Å². The molecule has 0 spiro atoms. The molecule has 0 saturated heterocycles. The molecule has 0 heterocycles. The molecule has 0 aliphatic carbocycles. The van der Waals surface area contributed by atoms with Crippen molar-refractivity contribution >= 4 is 18.0 Å². The van der Waals surface area contributed by atoms with Crippen LogP contribution in [-0.2, 0) is 4.79 Å². The summed E-state index contributed by atoms with van der Waals surface area (Å²) in [4.78, 5) is 21.6. The number of ketones is 1. The van der Waals surface area contributed by atoms with Gasteiger partial charge in [-0.15, -0.1) is 0 Å². The van der Waals surface area contributed by atoms with Crippen molar-refractivity contribution in [1.29, 1.82) is 5.41 Å². The van der Waals surface area contributed by atoms with Crippen LogP contribution in [0.15, 0.2) is 24.3 Å². The van der Waals surface area contributed by atoms with E-state index in [-0.39, 0.29) is 5.78 Å². The molecule has 0 radical (unpaired) electrons. The van der Waals surface area contributed by atoms with Crippen LogP contribution in [0.5, 0.6) is 5.75 Å². The van der Waals surface area contributed by atoms with E-state index in [1.54, 1.807) is 0 Å². The first kappa shape index (κ1) is 10.1. The first-order valence-electron chi connectivity index (χ1n) is 3.97. The van der Waals surface area contributed by atoms with Crippen molar-refractivity contribution < 1.29 is 14.3 Å². The van der Waals surface area contributed by atoms with Gasteiger partial charge >= 0.3 is 5.97 Å². The van der Waals surface area contributed by atoms with Crippen molar-refractivity contribution in [3.05, 3.63) is 29.8 Å². The van der Waals surface area contributed by atoms with E-state index < -0.39 is 5.97 Å². The largest absolute Gasteiger partial charge is 0.427 e. The van der Waals surface area contributed by atoms with Crippen LogP contribution in [-0.4, -0.2) is 18.0 Å². The smallest absolute Gasteiger partial charge is 0.308 e. The van der Waals surface area contributed by atoms with E-state index in [1.165, 1.54) is 31.2 Å². The molecule has 0 saturated carbocycles. The Morgan fingerprint density at radius 1 is 1.29 bits per heavy atom. The number of nitrogens with one attached hydrogen (secondary N) is 1. The van der Waals surface area contributed by atoms with Gasteiger partial charge in [0.15, 0.2) is 0 Å². The second-order valence-electron chi connectivity index (χ2n) is 2.63. The third-order valence-corrected chi connectivity index (χ3v) is 1.53. The van der Waals surface area contributed by atoms with E-state index in [0.717, 1.165) is 6.21 Å². The Morgan fingerprint density at radius 2 is 1.86 bits per heavy atom. The highest BCUT2D eigenvalue weighted by atomic mass is 16.5. The third kappa shape index (κ3) is 2.52. The molecule has 0 fully saturated rings. The number of benzene rings is 1. The second-order valence-corrected chi connectivity index (χ2v) is 2.63. The van der Waals surface area contributed by atoms with Crippen molar-refractivity contribution in [1.82, 2.24) is 0 Å². The summed E-state index contributed by atoms with van der Waals surface area (Å²) < 4.78 is 4.78. The van der Waals surface area contributed by atoms with Gasteiger partial charge < -0.3 is 10.1 Å². The van der Waals surface area contributed by atoms with E-state index >= 15 is 0 Å². The van der Waals surface area contributed by atoms with Gasteiger partial charge in [-0.3, -0.25) is 9.59 Å². The number of ether oxygens (including phenoxy) is 1. The fraction of sp³-hybridized carbons (Fsp3) is 0.100. The molecule has 0 aliphatic heterocycles. The number of esters is 1. The lowest BCUT2D eigenvalue weighted by Crippen LogP contribution is -2.02. The molecule has 0 atom stereocenters. The average Bonchev–Trinajstić information content (AvgIpc) is 2.17. The third-order valence-electron chi connectivity index (χ3n) is 1.53. The molecule has 72 valence electrons. The highest BCUT2D eigenvalue weighted by Gasteiger charge is 2.02. The van der Waals surface area contributed by atoms with Crippen LogP contribution in [0.25, 0.3) is 0 Å². The van der Waals surface area contributed by atoms with Crippen molar-refractivity contribution in [2.24, 2.45) is 0 Å². The van der Waals surface area contributed by atoms with Gasteiger partial charge in [-0.25, -0.2) is 0 Å². The monoisotopic (exact) mass is 191 g/mol. The van der Waals surface area contributed by atoms with Crippen LogP contribution in [0.2, 0.25) is 0 Å². The molecule has 4 heteroatoms. The predicted octanol–water partition coefficient (Wildman–Crippen LogP) is 1.44. The van der Waals surface area contributed by atoms with E-state index in [9.17, 15) is 9.59 Å². The van der Waals surface area contributed by atoms with Gasteiger partial charge in [0.2, 0.25) is 5.78 Å². The molecule has 4 nitrogen and oxygen atoms in total. The van der Waals surface area contributed by atoms with Gasteiger partial charge in [0.05, 0.1) is 6.21 Å². The fourth-order valence-corrected chi connectivity index (χ4v) is 0.937. The molecular weight excluding hydrogens is 182 g/mol. The molecule has 0 unspecified atom stereocenters. The zero-order valence-electron chi connectivity index (χ0n) is 7.61. The first-order valence-corrected chi connectivity index (χ1v) is 3.97. The Morgan fingerprint density at radius 3 is 2.29 bits per heavy atom. The molecule has 14 heavy (non-hydrogen) atoms. The molecule has 0 bridgehead atoms. The molecule has 1 aromatic rings. The minimum absolute atomic E-state index is 0.376. The van der Waals surface area contributed by atoms with E-state index in [4.69, 9.17) is 10.1 Å². The van der Waals surface area contributed by atoms with E-state index in [0.29, 0.717) is 11.3 Å². The van der Waals surface area contributed by atoms with E-state index in [1.807, 2.05) is 0 Å². The summed E-state index contributed by atoms with van der Waals surface area (Å²) in [6.07, 6.45) is 0.737. The van der Waals surface area contributed by atoms with Gasteiger partial charge in [-0.2, -0.15) is 0 Å². The minimum Gasteiger partial charge on any atom is -0.427 e. The van der Waals surface area contributed by atoms with Crippen molar-refractivity contribution in [3.63, 3.8) is 0 Å². The lowest BCUT2D eigenvalue weighted by molar-refractivity contribution is -0.131. The molecular formula is C10H9NO3. The summed E-state index contributed by atoms with van der Waals surface area (Å²) in [5.41, 5.74) is 0.399. The first-order chi connectivity index (χ1) is 6.63. The number of Topliss-reactive ketones (excluding diaryl/α,β-unsaturated/α-hetero) is 1. The summed E-state index contributed by atoms with van der Waals surface area (Å²) in [7, 11) is 0. The number of carbonyl (C=O) groups excluding carboxylic acids is 2. The standard InChI is InChI=1S/C10H9NO3/c1-7(12)14-9-4-2-8(3-5-9)10(13)6-11/h2-6,11H,1H3. The maximum absolute atomic E-state index is 11.0. The van der Waals surface area contributed by atoms with Gasteiger partial charge in [0.25, 0.3) is 0 Å². The number of hydrogen-bond acceptors (Lipinski definition) is 4. The Labute approximate surface area is 81.0 Å². The summed E-state index contributed by atoms with van der Waals surface area (Å²) >= 11 is 0. The predicted molar refractivity (Wildman–Crippen MR) is 50.9 cm³/mol. The van der Waals surface area contributed by atoms with Gasteiger partial charge in [0, 0.05) is 12.5 Å². The summed E-state index contributed by atoms with van der Waals surface area (Å²) in [6, 6.07) is 6.04. The van der Waals surface area contributed by atoms with Crippen LogP contribution < -0.4 is 4.74 Å². The lowest BCUT2D eigenvalue weighted by Gasteiger charge is -2.00. The minimum atomic E-state index is -0.406. The van der Waals surface area contributed by atoms with Crippen LogP contribution in [0.1, 0.15) is 17.3 Å². The fourth-order valence-electron chi connectivity index (χ4n) is 0.937. The summed E-state index contributed by atoms with van der Waals surface area (Å²) in [5, 5.41) is 6.75. The van der Waals surface area contributed by atoms with Crippen molar-refractivity contribution in [3.8, 4) is 5.75 Å². The topological polar surface area (TPSA) is 67.2 Å². The Bertz CT molecular complexity index is 367. The molecule has 0 amide bonds. The van der Waals surface area contributed by atoms with Gasteiger partial charge in [-0.05, 0) is 24.3 Å². The molecule has 1 N–H and O–H groups in total. The molecule has 1 aromatic carbocycles. The van der Waals surface area contributed by atoms with Crippen LogP contribution in [0.3, 0.4) is 0 Å². The maximum Gasteiger partial charge on any atom is 0.308 e. The molecule has 1 rings (SSSR count). The Hall–Kier alpha value is -1.97. The van der Waals surface area contributed by atoms with E-state index in [2.05, 4.69) is 0 Å². The Balaban J connectivity index is 2.83. The van der Waals surface area contributed by atoms with Gasteiger partial charge in [0.1, 0.15) is 5.75 Å². The lowest BCUT2D eigenvalue weighted by atomic mass is 10.1. The van der Waals surface area contributed by atoms with Crippen LogP contribution in [0, 0.1) is 5.41 Å². The Kier molecular flexibility index (Phi) is 3.12. The maximum atomic E-state index is 11.0. The number of hydrogen-bond donors (Lipinski definition) is 1. The molecule has 0 aliphatic rings. The normalized spacial score (nSPS) is 9.21. The van der Waals surface area contributed by atoms with Crippen molar-refractivity contribution in [2.45, 2.75) is 6.92 Å². The quantitative estimate of drug-likeness (QED) is 0.340. The summed E-state index contributed by atoms with van der Waals surface area (Å²) in [5.74, 6) is -0.394. The zero-order chi connectivity index (χ0) is 10.6. The van der Waals surface area contributed by atoms with Gasteiger partial charge in [-0.1, -0.05) is 0 Å². The summed E-state index contributed by atoms with van der Waals surface area (Å²) in [6.45, 7) is 1.30. The zero-order valence-corrected chi connectivity index (χ0v) is 7.61. The number of carbonyl (C=O) groups is 2. The molecule has 0 aromatic heterocycles. The highest BCUT2D eigenvalue weighted by Crippen LogP contribution is 2.12.